The Kier molecular flexibility index (Phi) is 4.71. The summed E-state index contributed by atoms with van der Waals surface area (Å²) in [7, 11) is 0. The number of hydrogen-bond donors (Lipinski definition) is 2. The van der Waals surface area contributed by atoms with E-state index in [2.05, 4.69) is 9.97 Å². The lowest BCUT2D eigenvalue weighted by Crippen LogP contribution is -2.31. The first kappa shape index (κ1) is 20.2. The predicted octanol–water partition coefficient (Wildman–Crippen LogP) is 5.33. The minimum atomic E-state index is -0.768. The van der Waals surface area contributed by atoms with Crippen molar-refractivity contribution in [2.24, 2.45) is 0 Å². The molecule has 0 bridgehead atoms. The van der Waals surface area contributed by atoms with E-state index in [1.807, 2.05) is 62.4 Å². The first-order valence-electron chi connectivity index (χ1n) is 10.2. The number of thiazole rings is 1. The number of aliphatic hydroxyl groups excluding tert-OH is 1. The quantitative estimate of drug-likeness (QED) is 0.417. The normalized spacial score (nSPS) is 16.4. The molecule has 1 aliphatic rings. The molecule has 1 aliphatic heterocycles. The zero-order chi connectivity index (χ0) is 22.6. The van der Waals surface area contributed by atoms with Gasteiger partial charge in [0.05, 0.1) is 27.2 Å². The zero-order valence-electron chi connectivity index (χ0n) is 17.8. The Labute approximate surface area is 188 Å². The van der Waals surface area contributed by atoms with E-state index in [4.69, 9.17) is 0 Å². The number of H-pyrrole nitrogens is 1. The molecule has 6 nitrogen and oxygen atoms in total. The second-order valence-electron chi connectivity index (χ2n) is 7.94. The second kappa shape index (κ2) is 7.46. The highest BCUT2D eigenvalue weighted by Gasteiger charge is 2.46. The summed E-state index contributed by atoms with van der Waals surface area (Å²) in [6, 6.07) is 14.4. The maximum absolute atomic E-state index is 13.7. The molecule has 160 valence electrons. The SMILES string of the molecule is Cc1ccc(N2C(=O)C(O)=C(C(=O)c3sc(C)nc3C)C2c2c[nH]c3ccccc23)cc1. The van der Waals surface area contributed by atoms with Crippen LogP contribution in [0.1, 0.15) is 37.5 Å². The van der Waals surface area contributed by atoms with Crippen molar-refractivity contribution >= 4 is 39.6 Å². The van der Waals surface area contributed by atoms with Crippen molar-refractivity contribution in [1.29, 1.82) is 0 Å². The Hall–Kier alpha value is -3.71. The largest absolute Gasteiger partial charge is 0.503 e. The molecular formula is C25H21N3O3S. The Morgan fingerprint density at radius 2 is 1.81 bits per heavy atom. The highest BCUT2D eigenvalue weighted by molar-refractivity contribution is 7.14. The summed E-state index contributed by atoms with van der Waals surface area (Å²) in [6.07, 6.45) is 1.81. The summed E-state index contributed by atoms with van der Waals surface area (Å²) < 4.78 is 0. The van der Waals surface area contributed by atoms with Gasteiger partial charge in [0, 0.05) is 28.4 Å². The van der Waals surface area contributed by atoms with E-state index in [1.165, 1.54) is 16.2 Å². The molecule has 0 saturated carbocycles. The number of carbonyl (C=O) groups is 2. The number of Topliss-reactive ketones (excluding diaryl/α,β-unsaturated/α-hetero) is 1. The number of aliphatic hydroxyl groups is 1. The fourth-order valence-electron chi connectivity index (χ4n) is 4.29. The molecule has 1 atom stereocenters. The number of fused-ring (bicyclic) bond motifs is 1. The van der Waals surface area contributed by atoms with Gasteiger partial charge in [-0.1, -0.05) is 35.9 Å². The molecule has 2 aromatic carbocycles. The average molecular weight is 444 g/mol. The highest BCUT2D eigenvalue weighted by atomic mass is 32.1. The van der Waals surface area contributed by atoms with Crippen LogP contribution < -0.4 is 4.90 Å². The Morgan fingerprint density at radius 1 is 1.09 bits per heavy atom. The van der Waals surface area contributed by atoms with Gasteiger partial charge in [0.15, 0.2) is 5.76 Å². The van der Waals surface area contributed by atoms with Crippen molar-refractivity contribution in [3.63, 3.8) is 0 Å². The molecule has 0 saturated heterocycles. The number of aromatic nitrogens is 2. The lowest BCUT2D eigenvalue weighted by molar-refractivity contribution is -0.117. The van der Waals surface area contributed by atoms with E-state index in [-0.39, 0.29) is 11.4 Å². The molecule has 5 rings (SSSR count). The maximum atomic E-state index is 13.7. The van der Waals surface area contributed by atoms with Crippen LogP contribution in [-0.2, 0) is 4.79 Å². The summed E-state index contributed by atoms with van der Waals surface area (Å²) in [4.78, 5) is 36.5. The molecule has 0 spiro atoms. The van der Waals surface area contributed by atoms with Crippen LogP contribution in [0.2, 0.25) is 0 Å². The average Bonchev–Trinajstić information content (AvgIpc) is 3.42. The number of benzene rings is 2. The number of amides is 1. The molecule has 2 N–H and O–H groups in total. The van der Waals surface area contributed by atoms with Crippen molar-refractivity contribution < 1.29 is 14.7 Å². The number of nitrogens with one attached hydrogen (secondary N) is 1. The standard InChI is InChI=1S/C25H21N3O3S/c1-13-8-10-16(11-9-13)28-21(18-12-26-19-7-5-4-6-17(18)19)20(23(30)25(28)31)22(29)24-14(2)27-15(3)32-24/h4-12,21,26,30H,1-3H3. The Morgan fingerprint density at radius 3 is 2.50 bits per heavy atom. The van der Waals surface area contributed by atoms with Gasteiger partial charge in [0.25, 0.3) is 5.91 Å². The van der Waals surface area contributed by atoms with Gasteiger partial charge in [-0.3, -0.25) is 14.5 Å². The van der Waals surface area contributed by atoms with Crippen LogP contribution >= 0.6 is 11.3 Å². The minimum absolute atomic E-state index is 0.0760. The number of aromatic amines is 1. The molecule has 0 fully saturated rings. The van der Waals surface area contributed by atoms with Crippen molar-refractivity contribution in [2.75, 3.05) is 4.90 Å². The lowest BCUT2D eigenvalue weighted by atomic mass is 9.94. The van der Waals surface area contributed by atoms with E-state index >= 15 is 0 Å². The van der Waals surface area contributed by atoms with Crippen LogP contribution in [0.4, 0.5) is 5.69 Å². The summed E-state index contributed by atoms with van der Waals surface area (Å²) in [5, 5.41) is 12.6. The molecule has 4 aromatic rings. The van der Waals surface area contributed by atoms with Gasteiger partial charge in [-0.25, -0.2) is 4.98 Å². The zero-order valence-corrected chi connectivity index (χ0v) is 18.7. The summed E-state index contributed by atoms with van der Waals surface area (Å²) in [5.74, 6) is -1.48. The fourth-order valence-corrected chi connectivity index (χ4v) is 5.16. The molecule has 7 heteroatoms. The number of hydrogen-bond acceptors (Lipinski definition) is 5. The number of nitrogens with zero attached hydrogens (tertiary/aromatic N) is 2. The summed E-state index contributed by atoms with van der Waals surface area (Å²) in [6.45, 7) is 5.56. The number of rotatable bonds is 4. The fraction of sp³-hybridized carbons (Fsp3) is 0.160. The van der Waals surface area contributed by atoms with E-state index in [9.17, 15) is 14.7 Å². The molecule has 3 heterocycles. The van der Waals surface area contributed by atoms with E-state index in [0.717, 1.165) is 27.0 Å². The number of anilines is 1. The van der Waals surface area contributed by atoms with E-state index in [1.54, 1.807) is 13.1 Å². The van der Waals surface area contributed by atoms with Crippen molar-refractivity contribution in [3.8, 4) is 0 Å². The predicted molar refractivity (Wildman–Crippen MR) is 125 cm³/mol. The third kappa shape index (κ3) is 3.05. The van der Waals surface area contributed by atoms with Crippen LogP contribution in [0, 0.1) is 20.8 Å². The molecule has 0 radical (unpaired) electrons. The van der Waals surface area contributed by atoms with Gasteiger partial charge in [0.1, 0.15) is 0 Å². The van der Waals surface area contributed by atoms with Crippen LogP contribution in [0.5, 0.6) is 0 Å². The Balaban J connectivity index is 1.73. The minimum Gasteiger partial charge on any atom is -0.503 e. The topological polar surface area (TPSA) is 86.3 Å². The molecule has 2 aromatic heterocycles. The second-order valence-corrected chi connectivity index (χ2v) is 9.14. The third-order valence-electron chi connectivity index (χ3n) is 5.79. The number of aryl methyl sites for hydroxylation is 3. The lowest BCUT2D eigenvalue weighted by Gasteiger charge is -2.26. The molecule has 32 heavy (non-hydrogen) atoms. The first-order valence-corrected chi connectivity index (χ1v) is 11.1. The van der Waals surface area contributed by atoms with Crippen molar-refractivity contribution in [1.82, 2.24) is 9.97 Å². The summed E-state index contributed by atoms with van der Waals surface area (Å²) in [5.41, 5.74) is 3.97. The van der Waals surface area contributed by atoms with Crippen molar-refractivity contribution in [2.45, 2.75) is 26.8 Å². The third-order valence-corrected chi connectivity index (χ3v) is 6.86. The smallest absolute Gasteiger partial charge is 0.294 e. The number of carbonyl (C=O) groups excluding carboxylic acids is 2. The summed E-state index contributed by atoms with van der Waals surface area (Å²) >= 11 is 1.27. The van der Waals surface area contributed by atoms with Crippen LogP contribution in [-0.4, -0.2) is 26.8 Å². The maximum Gasteiger partial charge on any atom is 0.294 e. The molecular weight excluding hydrogens is 422 g/mol. The van der Waals surface area contributed by atoms with Crippen LogP contribution in [0.25, 0.3) is 10.9 Å². The Bertz CT molecular complexity index is 1410. The van der Waals surface area contributed by atoms with E-state index in [0.29, 0.717) is 16.3 Å². The molecule has 1 amide bonds. The van der Waals surface area contributed by atoms with Gasteiger partial charge >= 0.3 is 0 Å². The highest BCUT2D eigenvalue weighted by Crippen LogP contribution is 2.44. The van der Waals surface area contributed by atoms with Crippen LogP contribution in [0.15, 0.2) is 66.1 Å². The van der Waals surface area contributed by atoms with E-state index < -0.39 is 17.7 Å². The number of para-hydroxylation sites is 1. The van der Waals surface area contributed by atoms with Crippen LogP contribution in [0.3, 0.4) is 0 Å². The van der Waals surface area contributed by atoms with Gasteiger partial charge in [0.2, 0.25) is 5.78 Å². The monoisotopic (exact) mass is 443 g/mol. The molecule has 1 unspecified atom stereocenters. The van der Waals surface area contributed by atoms with Gasteiger partial charge in [-0.15, -0.1) is 11.3 Å². The van der Waals surface area contributed by atoms with Gasteiger partial charge < -0.3 is 10.1 Å². The molecule has 0 aliphatic carbocycles. The first-order chi connectivity index (χ1) is 15.4. The number of ketones is 1. The van der Waals surface area contributed by atoms with Gasteiger partial charge in [-0.05, 0) is 39.0 Å². The van der Waals surface area contributed by atoms with Gasteiger partial charge in [-0.2, -0.15) is 0 Å². The van der Waals surface area contributed by atoms with Crippen molar-refractivity contribution in [3.05, 3.63) is 92.8 Å².